The molecular formula is C13H10I3N3O. The molecule has 1 heterocycles. The van der Waals surface area contributed by atoms with Gasteiger partial charge in [-0.15, -0.1) is 15.0 Å². The van der Waals surface area contributed by atoms with Crippen molar-refractivity contribution in [2.24, 2.45) is 0 Å². The second-order valence-corrected chi connectivity index (χ2v) is 6.14. The molecule has 0 unspecified atom stereocenters. The molecule has 4 nitrogen and oxygen atoms in total. The molecule has 0 bridgehead atoms. The van der Waals surface area contributed by atoms with E-state index < -0.39 is 0 Å². The summed E-state index contributed by atoms with van der Waals surface area (Å²) in [6.07, 6.45) is 0. The van der Waals surface area contributed by atoms with Gasteiger partial charge in [0.1, 0.15) is 16.7 Å². The molecule has 0 atom stereocenters. The molecule has 0 spiro atoms. The maximum atomic E-state index is 10.0. The van der Waals surface area contributed by atoms with Crippen molar-refractivity contribution in [3.8, 4) is 11.4 Å². The van der Waals surface area contributed by atoms with Crippen LogP contribution in [-0.2, 0) is 0 Å². The molecule has 0 saturated heterocycles. The smallest absolute Gasteiger partial charge is 0.156 e. The zero-order chi connectivity index (χ0) is 14.7. The molecule has 0 aliphatic heterocycles. The van der Waals surface area contributed by atoms with Crippen molar-refractivity contribution in [2.45, 2.75) is 0 Å². The standard InChI is InChI=1S/C12H7I2N3O.CH3I/c13-7-4-5-9-10(6-7)16-17(15-9)11-3-1-2-8(14)12(11)18;1-2/h1-6,18H;1H3. The molecule has 0 aliphatic carbocycles. The summed E-state index contributed by atoms with van der Waals surface area (Å²) in [5.41, 5.74) is 2.22. The summed E-state index contributed by atoms with van der Waals surface area (Å²) in [6, 6.07) is 11.4. The monoisotopic (exact) mass is 605 g/mol. The number of para-hydroxylation sites is 1. The number of phenols is 1. The first-order valence-electron chi connectivity index (χ1n) is 5.53. The van der Waals surface area contributed by atoms with E-state index in [-0.39, 0.29) is 5.75 Å². The zero-order valence-electron chi connectivity index (χ0n) is 10.4. The topological polar surface area (TPSA) is 50.9 Å². The number of benzene rings is 2. The minimum Gasteiger partial charge on any atom is -0.505 e. The van der Waals surface area contributed by atoms with Crippen molar-refractivity contribution in [3.05, 3.63) is 43.5 Å². The number of fused-ring (bicyclic) bond motifs is 1. The first-order valence-corrected chi connectivity index (χ1v) is 9.85. The van der Waals surface area contributed by atoms with Crippen molar-refractivity contribution >= 4 is 78.8 Å². The van der Waals surface area contributed by atoms with Gasteiger partial charge in [0.2, 0.25) is 0 Å². The SMILES string of the molecule is CI.Oc1c(I)cccc1-n1nc2ccc(I)cc2n1. The van der Waals surface area contributed by atoms with Crippen molar-refractivity contribution < 1.29 is 5.11 Å². The number of alkyl halides is 1. The van der Waals surface area contributed by atoms with Gasteiger partial charge in [-0.2, -0.15) is 0 Å². The maximum Gasteiger partial charge on any atom is 0.156 e. The Kier molecular flexibility index (Phi) is 5.84. The number of aromatic hydroxyl groups is 1. The van der Waals surface area contributed by atoms with E-state index >= 15 is 0 Å². The van der Waals surface area contributed by atoms with Crippen LogP contribution in [0, 0.1) is 7.14 Å². The van der Waals surface area contributed by atoms with Gasteiger partial charge in [-0.1, -0.05) is 28.7 Å². The summed E-state index contributed by atoms with van der Waals surface area (Å²) in [4.78, 5) is 3.44. The Hall–Kier alpha value is -0.170. The van der Waals surface area contributed by atoms with Gasteiger partial charge in [0.25, 0.3) is 0 Å². The third-order valence-corrected chi connectivity index (χ3v) is 4.06. The number of nitrogens with zero attached hydrogens (tertiary/aromatic N) is 3. The van der Waals surface area contributed by atoms with E-state index in [2.05, 4.69) is 78.0 Å². The van der Waals surface area contributed by atoms with Crippen molar-refractivity contribution in [2.75, 3.05) is 4.93 Å². The second kappa shape index (κ2) is 7.20. The van der Waals surface area contributed by atoms with Gasteiger partial charge >= 0.3 is 0 Å². The van der Waals surface area contributed by atoms with Crippen LogP contribution >= 0.6 is 67.8 Å². The number of hydrogen-bond donors (Lipinski definition) is 1. The Morgan fingerprint density at radius 1 is 1.00 bits per heavy atom. The minimum absolute atomic E-state index is 0.202. The van der Waals surface area contributed by atoms with E-state index in [4.69, 9.17) is 0 Å². The quantitative estimate of drug-likeness (QED) is 0.331. The number of rotatable bonds is 1. The Bertz CT molecular complexity index is 743. The molecule has 3 rings (SSSR count). The maximum absolute atomic E-state index is 10.0. The molecule has 1 N–H and O–H groups in total. The van der Waals surface area contributed by atoms with Crippen molar-refractivity contribution in [1.29, 1.82) is 0 Å². The number of hydrogen-bond acceptors (Lipinski definition) is 3. The molecule has 20 heavy (non-hydrogen) atoms. The van der Waals surface area contributed by atoms with Crippen LogP contribution in [0.1, 0.15) is 0 Å². The van der Waals surface area contributed by atoms with Gasteiger partial charge in [-0.3, -0.25) is 0 Å². The number of aromatic nitrogens is 3. The van der Waals surface area contributed by atoms with E-state index in [0.717, 1.165) is 18.2 Å². The fourth-order valence-corrected chi connectivity index (χ4v) is 2.62. The van der Waals surface area contributed by atoms with Gasteiger partial charge in [-0.05, 0) is 80.4 Å². The second-order valence-electron chi connectivity index (χ2n) is 3.73. The minimum atomic E-state index is 0.202. The van der Waals surface area contributed by atoms with E-state index in [1.54, 1.807) is 6.07 Å². The third kappa shape index (κ3) is 3.35. The van der Waals surface area contributed by atoms with Gasteiger partial charge < -0.3 is 5.11 Å². The van der Waals surface area contributed by atoms with Gasteiger partial charge in [0.05, 0.1) is 3.57 Å². The largest absolute Gasteiger partial charge is 0.505 e. The molecule has 0 saturated carbocycles. The molecule has 0 radical (unpaired) electrons. The predicted molar refractivity (Wildman–Crippen MR) is 106 cm³/mol. The van der Waals surface area contributed by atoms with Gasteiger partial charge in [0.15, 0.2) is 5.75 Å². The average molecular weight is 605 g/mol. The first-order chi connectivity index (χ1) is 9.65. The van der Waals surface area contributed by atoms with E-state index in [9.17, 15) is 5.11 Å². The Labute approximate surface area is 157 Å². The summed E-state index contributed by atoms with van der Waals surface area (Å²) >= 11 is 6.47. The fourth-order valence-electron chi connectivity index (χ4n) is 1.66. The average Bonchev–Trinajstić information content (AvgIpc) is 2.86. The highest BCUT2D eigenvalue weighted by Crippen LogP contribution is 2.27. The molecule has 0 aliphatic rings. The lowest BCUT2D eigenvalue weighted by Crippen LogP contribution is -1.99. The molecule has 0 amide bonds. The highest BCUT2D eigenvalue weighted by atomic mass is 127. The summed E-state index contributed by atoms with van der Waals surface area (Å²) in [7, 11) is 0. The van der Waals surface area contributed by atoms with Gasteiger partial charge in [0, 0.05) is 3.57 Å². The highest BCUT2D eigenvalue weighted by Gasteiger charge is 2.10. The number of halogens is 3. The third-order valence-electron chi connectivity index (χ3n) is 2.52. The summed E-state index contributed by atoms with van der Waals surface area (Å²) in [5, 5.41) is 18.8. The van der Waals surface area contributed by atoms with Crippen LogP contribution in [0.25, 0.3) is 16.7 Å². The van der Waals surface area contributed by atoms with Crippen LogP contribution in [0.3, 0.4) is 0 Å². The molecule has 104 valence electrons. The lowest BCUT2D eigenvalue weighted by atomic mass is 10.3. The lowest BCUT2D eigenvalue weighted by Gasteiger charge is -2.03. The van der Waals surface area contributed by atoms with Crippen LogP contribution in [0.5, 0.6) is 5.75 Å². The van der Waals surface area contributed by atoms with Gasteiger partial charge in [-0.25, -0.2) is 0 Å². The molecule has 0 fully saturated rings. The van der Waals surface area contributed by atoms with Crippen LogP contribution in [-0.4, -0.2) is 25.0 Å². The Balaban J connectivity index is 0.000000704. The normalized spacial score (nSPS) is 10.2. The van der Waals surface area contributed by atoms with E-state index in [1.807, 2.05) is 35.3 Å². The molecule has 2 aromatic carbocycles. The lowest BCUT2D eigenvalue weighted by molar-refractivity contribution is 0.464. The molecule has 1 aromatic heterocycles. The predicted octanol–water partition coefficient (Wildman–Crippen LogP) is 4.39. The highest BCUT2D eigenvalue weighted by molar-refractivity contribution is 14.1. The molecular weight excluding hydrogens is 595 g/mol. The van der Waals surface area contributed by atoms with Crippen LogP contribution in [0.15, 0.2) is 36.4 Å². The Morgan fingerprint density at radius 2 is 1.70 bits per heavy atom. The van der Waals surface area contributed by atoms with E-state index in [1.165, 1.54) is 4.80 Å². The van der Waals surface area contributed by atoms with Crippen LogP contribution < -0.4 is 0 Å². The van der Waals surface area contributed by atoms with E-state index in [0.29, 0.717) is 5.69 Å². The molecule has 7 heteroatoms. The first kappa shape index (κ1) is 16.2. The number of phenolic OH excluding ortho intramolecular Hbond substituents is 1. The zero-order valence-corrected chi connectivity index (χ0v) is 16.9. The van der Waals surface area contributed by atoms with Crippen molar-refractivity contribution in [3.63, 3.8) is 0 Å². The summed E-state index contributed by atoms with van der Waals surface area (Å²) in [6.45, 7) is 0. The Morgan fingerprint density at radius 3 is 2.45 bits per heavy atom. The van der Waals surface area contributed by atoms with Crippen LogP contribution in [0.4, 0.5) is 0 Å². The van der Waals surface area contributed by atoms with Crippen molar-refractivity contribution in [1.82, 2.24) is 15.0 Å². The molecule has 3 aromatic rings. The summed E-state index contributed by atoms with van der Waals surface area (Å²) < 4.78 is 1.89. The fraction of sp³-hybridized carbons (Fsp3) is 0.0769. The summed E-state index contributed by atoms with van der Waals surface area (Å²) in [5.74, 6) is 0.202. The van der Waals surface area contributed by atoms with Crippen LogP contribution in [0.2, 0.25) is 0 Å².